The van der Waals surface area contributed by atoms with Crippen LogP contribution in [-0.2, 0) is 6.42 Å². The first-order chi connectivity index (χ1) is 12.5. The molecule has 0 fully saturated rings. The molecule has 1 aromatic carbocycles. The number of hydrogen-bond acceptors (Lipinski definition) is 5. The molecule has 2 unspecified atom stereocenters. The maximum absolute atomic E-state index is 13.2. The Hall–Kier alpha value is -2.12. The van der Waals surface area contributed by atoms with Crippen molar-refractivity contribution in [3.05, 3.63) is 53.1 Å². The molecule has 7 heteroatoms. The molecule has 0 radical (unpaired) electrons. The summed E-state index contributed by atoms with van der Waals surface area (Å²) in [6.45, 7) is 5.29. The molecule has 2 aromatic rings. The van der Waals surface area contributed by atoms with Gasteiger partial charge in [-0.05, 0) is 61.1 Å². The van der Waals surface area contributed by atoms with Crippen molar-refractivity contribution >= 4 is 23.4 Å². The van der Waals surface area contributed by atoms with Crippen LogP contribution in [0.5, 0.6) is 0 Å². The molecular weight excluding hydrogens is 349 g/mol. The van der Waals surface area contributed by atoms with Crippen LogP contribution >= 0.6 is 11.8 Å². The number of hydrogen-bond donors (Lipinski definition) is 1. The van der Waals surface area contributed by atoms with Gasteiger partial charge in [-0.2, -0.15) is 10.2 Å². The summed E-state index contributed by atoms with van der Waals surface area (Å²) in [5, 5.41) is 10.8. The van der Waals surface area contributed by atoms with E-state index < -0.39 is 0 Å². The summed E-state index contributed by atoms with van der Waals surface area (Å²) < 4.78 is 15.1. The number of hydrazone groups is 1. The number of thioether (sulfide) groups is 1. The lowest BCUT2D eigenvalue weighted by Gasteiger charge is -2.35. The average Bonchev–Trinajstić information content (AvgIpc) is 3.20. The number of fused-ring (bicyclic) bond motifs is 1. The molecule has 26 heavy (non-hydrogen) atoms. The van der Waals surface area contributed by atoms with E-state index in [0.717, 1.165) is 30.8 Å². The van der Waals surface area contributed by atoms with Gasteiger partial charge >= 0.3 is 0 Å². The normalized spacial score (nSPS) is 24.7. The van der Waals surface area contributed by atoms with Crippen molar-refractivity contribution in [3.63, 3.8) is 0 Å². The second kappa shape index (κ2) is 6.55. The molecule has 5 nitrogen and oxygen atoms in total. The molecule has 0 amide bonds. The Morgan fingerprint density at radius 1 is 1.35 bits per heavy atom. The average molecular weight is 371 g/mol. The van der Waals surface area contributed by atoms with Crippen LogP contribution in [0.15, 0.2) is 41.1 Å². The molecule has 2 heterocycles. The van der Waals surface area contributed by atoms with Gasteiger partial charge in [0.1, 0.15) is 11.3 Å². The first-order valence-corrected chi connectivity index (χ1v) is 9.62. The Bertz CT molecular complexity index is 873. The van der Waals surface area contributed by atoms with E-state index in [1.54, 1.807) is 17.7 Å². The van der Waals surface area contributed by atoms with Crippen molar-refractivity contribution < 1.29 is 4.39 Å². The summed E-state index contributed by atoms with van der Waals surface area (Å²) in [6, 6.07) is 6.43. The van der Waals surface area contributed by atoms with Gasteiger partial charge in [0.2, 0.25) is 0 Å². The summed E-state index contributed by atoms with van der Waals surface area (Å²) in [4.78, 5) is 0. The van der Waals surface area contributed by atoms with Crippen molar-refractivity contribution in [2.75, 3.05) is 6.54 Å². The predicted octanol–water partition coefficient (Wildman–Crippen LogP) is 3.60. The molecule has 1 aliphatic carbocycles. The highest BCUT2D eigenvalue weighted by atomic mass is 32.2. The second-order valence-corrected chi connectivity index (χ2v) is 8.13. The third-order valence-electron chi connectivity index (χ3n) is 5.43. The van der Waals surface area contributed by atoms with E-state index in [1.165, 1.54) is 35.0 Å². The molecule has 0 spiro atoms. The van der Waals surface area contributed by atoms with E-state index in [2.05, 4.69) is 30.1 Å². The molecular formula is C19H22FN5S. The van der Waals surface area contributed by atoms with Crippen LogP contribution in [0.1, 0.15) is 31.5 Å². The van der Waals surface area contributed by atoms with Crippen LogP contribution in [0.2, 0.25) is 0 Å². The van der Waals surface area contributed by atoms with Crippen LogP contribution in [0, 0.1) is 11.2 Å². The van der Waals surface area contributed by atoms with Crippen LogP contribution in [0.4, 0.5) is 4.39 Å². The van der Waals surface area contributed by atoms with Gasteiger partial charge in [0.15, 0.2) is 0 Å². The third kappa shape index (κ3) is 3.05. The molecule has 1 aliphatic heterocycles. The van der Waals surface area contributed by atoms with E-state index in [-0.39, 0.29) is 16.7 Å². The zero-order valence-corrected chi connectivity index (χ0v) is 15.7. The summed E-state index contributed by atoms with van der Waals surface area (Å²) in [5.74, 6) is -0.241. The van der Waals surface area contributed by atoms with Crippen molar-refractivity contribution in [1.29, 1.82) is 0 Å². The molecule has 0 saturated carbocycles. The quantitative estimate of drug-likeness (QED) is 0.892. The Kier molecular flexibility index (Phi) is 4.36. The number of aromatic nitrogens is 2. The third-order valence-corrected chi connectivity index (χ3v) is 6.16. The van der Waals surface area contributed by atoms with Gasteiger partial charge in [0, 0.05) is 6.54 Å². The van der Waals surface area contributed by atoms with Crippen molar-refractivity contribution in [2.24, 2.45) is 16.3 Å². The Morgan fingerprint density at radius 2 is 2.12 bits per heavy atom. The summed E-state index contributed by atoms with van der Waals surface area (Å²) in [6.07, 6.45) is 6.03. The van der Waals surface area contributed by atoms with Crippen LogP contribution in [0.25, 0.3) is 11.8 Å². The van der Waals surface area contributed by atoms with Gasteiger partial charge in [-0.1, -0.05) is 24.3 Å². The van der Waals surface area contributed by atoms with E-state index >= 15 is 0 Å². The minimum Gasteiger partial charge on any atom is -0.301 e. The Labute approximate surface area is 156 Å². The number of nitrogens with zero attached hydrogens (tertiary/aromatic N) is 4. The molecule has 2 atom stereocenters. The lowest BCUT2D eigenvalue weighted by atomic mass is 9.71. The van der Waals surface area contributed by atoms with E-state index in [0.29, 0.717) is 0 Å². The van der Waals surface area contributed by atoms with Crippen LogP contribution in [0.3, 0.4) is 0 Å². The van der Waals surface area contributed by atoms with Gasteiger partial charge in [-0.3, -0.25) is 5.01 Å². The lowest BCUT2D eigenvalue weighted by Crippen LogP contribution is -2.36. The first-order valence-electron chi connectivity index (χ1n) is 8.68. The van der Waals surface area contributed by atoms with Gasteiger partial charge in [0.05, 0.1) is 23.1 Å². The molecule has 2 aliphatic rings. The van der Waals surface area contributed by atoms with Gasteiger partial charge in [-0.25, -0.2) is 9.07 Å². The first kappa shape index (κ1) is 17.3. The zero-order valence-electron chi connectivity index (χ0n) is 14.9. The van der Waals surface area contributed by atoms with Crippen molar-refractivity contribution in [2.45, 2.75) is 32.2 Å². The van der Waals surface area contributed by atoms with Gasteiger partial charge in [-0.15, -0.1) is 0 Å². The Balaban J connectivity index is 1.57. The predicted molar refractivity (Wildman–Crippen MR) is 104 cm³/mol. The maximum atomic E-state index is 13.2. The van der Waals surface area contributed by atoms with Crippen molar-refractivity contribution in [3.8, 4) is 5.69 Å². The van der Waals surface area contributed by atoms with E-state index in [4.69, 9.17) is 5.73 Å². The summed E-state index contributed by atoms with van der Waals surface area (Å²) in [7, 11) is 0. The zero-order chi connectivity index (χ0) is 18.3. The highest BCUT2D eigenvalue weighted by Gasteiger charge is 2.34. The smallest absolute Gasteiger partial charge is 0.147 e. The topological polar surface area (TPSA) is 59.4 Å². The summed E-state index contributed by atoms with van der Waals surface area (Å²) in [5.41, 5.74) is 12.3. The fourth-order valence-corrected chi connectivity index (χ4v) is 4.13. The Morgan fingerprint density at radius 3 is 2.81 bits per heavy atom. The van der Waals surface area contributed by atoms with E-state index in [9.17, 15) is 4.39 Å². The summed E-state index contributed by atoms with van der Waals surface area (Å²) >= 11 is 1.54. The monoisotopic (exact) mass is 371 g/mol. The molecule has 0 saturated heterocycles. The fourth-order valence-electron chi connectivity index (χ4n) is 3.53. The van der Waals surface area contributed by atoms with Gasteiger partial charge in [0.25, 0.3) is 0 Å². The standard InChI is InChI=1S/C19H22FN5S/c1-13-9-17-14(11-22-25(17)16-5-3-15(20)4-6-16)10-19(13,2)7-8-24-18(21)26-12-23-24/h3-6,9,11-12,18H,7-8,10,21H2,1-2H3. The number of nitrogens with two attached hydrogens (primary N) is 1. The number of halogens is 1. The van der Waals surface area contributed by atoms with Crippen LogP contribution < -0.4 is 5.73 Å². The SMILES string of the molecule is CC1=Cc2c(cnn2-c2ccc(F)cc2)CC1(C)CCN1N=CSC1N. The molecule has 0 bridgehead atoms. The number of rotatable bonds is 4. The van der Waals surface area contributed by atoms with Crippen molar-refractivity contribution in [1.82, 2.24) is 14.8 Å². The largest absolute Gasteiger partial charge is 0.301 e. The highest BCUT2D eigenvalue weighted by Crippen LogP contribution is 2.41. The fraction of sp³-hybridized carbons (Fsp3) is 0.368. The second-order valence-electron chi connectivity index (χ2n) is 7.17. The van der Waals surface area contributed by atoms with Crippen LogP contribution in [-0.4, -0.2) is 32.4 Å². The maximum Gasteiger partial charge on any atom is 0.147 e. The number of benzene rings is 1. The minimum absolute atomic E-state index is 0.0478. The number of allylic oxidation sites excluding steroid dienone is 1. The lowest BCUT2D eigenvalue weighted by molar-refractivity contribution is 0.228. The molecule has 136 valence electrons. The van der Waals surface area contributed by atoms with E-state index in [1.807, 2.05) is 15.9 Å². The highest BCUT2D eigenvalue weighted by molar-refractivity contribution is 8.12. The molecule has 4 rings (SSSR count). The van der Waals surface area contributed by atoms with Gasteiger partial charge < -0.3 is 5.73 Å². The molecule has 1 aromatic heterocycles. The molecule has 2 N–H and O–H groups in total. The minimum atomic E-state index is -0.241.